The van der Waals surface area contributed by atoms with Crippen molar-refractivity contribution in [3.63, 3.8) is 0 Å². The van der Waals surface area contributed by atoms with Crippen LogP contribution >= 0.6 is 0 Å². The lowest BCUT2D eigenvalue weighted by atomic mass is 9.93. The molecule has 1 saturated heterocycles. The lowest BCUT2D eigenvalue weighted by Crippen LogP contribution is -2.35. The molecule has 0 aromatic carbocycles. The Labute approximate surface area is 94.7 Å². The Bertz CT molecular complexity index is 181. The molecular formula is C13H26N2. The van der Waals surface area contributed by atoms with Crippen molar-refractivity contribution in [2.24, 2.45) is 5.92 Å². The molecule has 0 aromatic heterocycles. The van der Waals surface area contributed by atoms with Gasteiger partial charge in [0, 0.05) is 6.54 Å². The average Bonchev–Trinajstić information content (AvgIpc) is 2.25. The summed E-state index contributed by atoms with van der Waals surface area (Å²) in [4.78, 5) is 2.59. The Morgan fingerprint density at radius 2 is 2.07 bits per heavy atom. The highest BCUT2D eigenvalue weighted by Gasteiger charge is 2.17. The van der Waals surface area contributed by atoms with E-state index in [4.69, 9.17) is 0 Å². The third-order valence-corrected chi connectivity index (χ3v) is 3.36. The summed E-state index contributed by atoms with van der Waals surface area (Å²) in [5.74, 6) is 0.957. The number of rotatable bonds is 6. The van der Waals surface area contributed by atoms with Crippen LogP contribution < -0.4 is 5.32 Å². The molecule has 0 atom stereocenters. The number of nitrogens with zero attached hydrogens (tertiary/aromatic N) is 1. The number of likely N-dealkylation sites (tertiary alicyclic amines) is 1. The van der Waals surface area contributed by atoms with Crippen molar-refractivity contribution in [1.29, 1.82) is 0 Å². The van der Waals surface area contributed by atoms with Gasteiger partial charge in [0.1, 0.15) is 0 Å². The highest BCUT2D eigenvalue weighted by Crippen LogP contribution is 2.20. The summed E-state index contributed by atoms with van der Waals surface area (Å²) in [6.07, 6.45) is 5.29. The largest absolute Gasteiger partial charge is 0.320 e. The first-order valence-corrected chi connectivity index (χ1v) is 6.23. The molecule has 1 fully saturated rings. The Morgan fingerprint density at radius 1 is 1.40 bits per heavy atom. The van der Waals surface area contributed by atoms with Crippen LogP contribution in [0.4, 0.5) is 0 Å². The molecule has 2 heteroatoms. The molecule has 15 heavy (non-hydrogen) atoms. The average molecular weight is 210 g/mol. The predicted molar refractivity (Wildman–Crippen MR) is 67.1 cm³/mol. The van der Waals surface area contributed by atoms with E-state index < -0.39 is 0 Å². The molecule has 0 bridgehead atoms. The molecule has 0 radical (unpaired) electrons. The summed E-state index contributed by atoms with van der Waals surface area (Å²) < 4.78 is 0. The van der Waals surface area contributed by atoms with Crippen molar-refractivity contribution in [3.05, 3.63) is 12.2 Å². The van der Waals surface area contributed by atoms with Gasteiger partial charge in [-0.2, -0.15) is 0 Å². The number of nitrogens with one attached hydrogen (secondary N) is 1. The zero-order chi connectivity index (χ0) is 11.1. The van der Waals surface area contributed by atoms with Gasteiger partial charge in [0.05, 0.1) is 0 Å². The Morgan fingerprint density at radius 3 is 2.60 bits per heavy atom. The summed E-state index contributed by atoms with van der Waals surface area (Å²) in [5, 5.41) is 3.24. The Hall–Kier alpha value is -0.340. The zero-order valence-electron chi connectivity index (χ0n) is 10.4. The van der Waals surface area contributed by atoms with E-state index in [2.05, 4.69) is 23.7 Å². The van der Waals surface area contributed by atoms with E-state index in [1.54, 1.807) is 0 Å². The molecule has 0 saturated carbocycles. The van der Waals surface area contributed by atoms with Gasteiger partial charge in [0.15, 0.2) is 0 Å². The van der Waals surface area contributed by atoms with Gasteiger partial charge in [-0.3, -0.25) is 0 Å². The highest BCUT2D eigenvalue weighted by atomic mass is 15.1. The van der Waals surface area contributed by atoms with E-state index in [-0.39, 0.29) is 0 Å². The molecule has 2 nitrogen and oxygen atoms in total. The van der Waals surface area contributed by atoms with Crippen molar-refractivity contribution in [1.82, 2.24) is 10.2 Å². The highest BCUT2D eigenvalue weighted by molar-refractivity contribution is 4.89. The maximum absolute atomic E-state index is 3.96. The first-order chi connectivity index (χ1) is 7.22. The second kappa shape index (κ2) is 7.02. The van der Waals surface area contributed by atoms with E-state index in [1.165, 1.54) is 57.4 Å². The summed E-state index contributed by atoms with van der Waals surface area (Å²) in [7, 11) is 2.04. The molecular weight excluding hydrogens is 184 g/mol. The fourth-order valence-corrected chi connectivity index (χ4v) is 2.20. The van der Waals surface area contributed by atoms with Crippen LogP contribution in [0.1, 0.15) is 32.6 Å². The van der Waals surface area contributed by atoms with Gasteiger partial charge in [-0.15, -0.1) is 6.58 Å². The van der Waals surface area contributed by atoms with Crippen molar-refractivity contribution < 1.29 is 0 Å². The minimum absolute atomic E-state index is 0.957. The molecule has 1 heterocycles. The van der Waals surface area contributed by atoms with Crippen LogP contribution in [0, 0.1) is 5.92 Å². The predicted octanol–water partition coefficient (Wildman–Crippen LogP) is 2.27. The van der Waals surface area contributed by atoms with Crippen LogP contribution in [0.5, 0.6) is 0 Å². The van der Waals surface area contributed by atoms with Crippen molar-refractivity contribution in [3.8, 4) is 0 Å². The van der Waals surface area contributed by atoms with Crippen LogP contribution in [0.25, 0.3) is 0 Å². The topological polar surface area (TPSA) is 15.3 Å². The van der Waals surface area contributed by atoms with Crippen molar-refractivity contribution in [2.75, 3.05) is 33.2 Å². The Kier molecular flexibility index (Phi) is 5.96. The molecule has 88 valence electrons. The van der Waals surface area contributed by atoms with E-state index in [0.717, 1.165) is 5.92 Å². The van der Waals surface area contributed by atoms with Crippen LogP contribution in [0.3, 0.4) is 0 Å². The Balaban J connectivity index is 2.09. The molecule has 0 amide bonds. The zero-order valence-corrected chi connectivity index (χ0v) is 10.4. The van der Waals surface area contributed by atoms with Gasteiger partial charge >= 0.3 is 0 Å². The van der Waals surface area contributed by atoms with Crippen LogP contribution in [-0.4, -0.2) is 38.1 Å². The SMILES string of the molecule is C=C(C)CCN1CCC(CCNC)CC1. The normalized spacial score (nSPS) is 19.3. The quantitative estimate of drug-likeness (QED) is 0.677. The van der Waals surface area contributed by atoms with Gasteiger partial charge in [-0.1, -0.05) is 5.57 Å². The van der Waals surface area contributed by atoms with E-state index >= 15 is 0 Å². The van der Waals surface area contributed by atoms with Gasteiger partial charge in [-0.05, 0) is 65.2 Å². The van der Waals surface area contributed by atoms with Gasteiger partial charge in [0.25, 0.3) is 0 Å². The molecule has 0 aromatic rings. The molecule has 1 N–H and O–H groups in total. The minimum Gasteiger partial charge on any atom is -0.320 e. The second-order valence-electron chi connectivity index (χ2n) is 4.88. The lowest BCUT2D eigenvalue weighted by molar-refractivity contribution is 0.181. The molecule has 1 aliphatic rings. The molecule has 1 aliphatic heterocycles. The van der Waals surface area contributed by atoms with E-state index in [1.807, 2.05) is 7.05 Å². The van der Waals surface area contributed by atoms with Gasteiger partial charge < -0.3 is 10.2 Å². The van der Waals surface area contributed by atoms with Crippen LogP contribution in [-0.2, 0) is 0 Å². The molecule has 0 spiro atoms. The third kappa shape index (κ3) is 5.33. The fourth-order valence-electron chi connectivity index (χ4n) is 2.20. The third-order valence-electron chi connectivity index (χ3n) is 3.36. The summed E-state index contributed by atoms with van der Waals surface area (Å²) in [6.45, 7) is 11.1. The fraction of sp³-hybridized carbons (Fsp3) is 0.846. The first-order valence-electron chi connectivity index (χ1n) is 6.23. The number of piperidine rings is 1. The monoisotopic (exact) mass is 210 g/mol. The lowest BCUT2D eigenvalue weighted by Gasteiger charge is -2.32. The van der Waals surface area contributed by atoms with E-state index in [0.29, 0.717) is 0 Å². The molecule has 1 rings (SSSR count). The number of hydrogen-bond acceptors (Lipinski definition) is 2. The van der Waals surface area contributed by atoms with E-state index in [9.17, 15) is 0 Å². The first kappa shape index (κ1) is 12.7. The van der Waals surface area contributed by atoms with Gasteiger partial charge in [0.2, 0.25) is 0 Å². The maximum Gasteiger partial charge on any atom is 0.00184 e. The minimum atomic E-state index is 0.957. The second-order valence-corrected chi connectivity index (χ2v) is 4.88. The van der Waals surface area contributed by atoms with Crippen molar-refractivity contribution in [2.45, 2.75) is 32.6 Å². The molecule has 0 aliphatic carbocycles. The maximum atomic E-state index is 3.96. The van der Waals surface area contributed by atoms with Crippen molar-refractivity contribution >= 4 is 0 Å². The smallest absolute Gasteiger partial charge is 0.00184 e. The summed E-state index contributed by atoms with van der Waals surface area (Å²) in [6, 6.07) is 0. The number of hydrogen-bond donors (Lipinski definition) is 1. The standard InChI is InChI=1S/C13H26N2/c1-12(2)5-9-15-10-6-13(7-11-15)4-8-14-3/h13-14H,1,4-11H2,2-3H3. The summed E-state index contributed by atoms with van der Waals surface area (Å²) in [5.41, 5.74) is 1.31. The summed E-state index contributed by atoms with van der Waals surface area (Å²) >= 11 is 0. The van der Waals surface area contributed by atoms with Gasteiger partial charge in [-0.25, -0.2) is 0 Å². The van der Waals surface area contributed by atoms with Crippen LogP contribution in [0.2, 0.25) is 0 Å². The molecule has 0 unspecified atom stereocenters. The van der Waals surface area contributed by atoms with Crippen LogP contribution in [0.15, 0.2) is 12.2 Å².